The van der Waals surface area contributed by atoms with E-state index in [1.165, 1.54) is 0 Å². The molecule has 0 atom stereocenters. The molecule has 1 N–H and O–H groups in total. The highest BCUT2D eigenvalue weighted by Crippen LogP contribution is 2.33. The van der Waals surface area contributed by atoms with Crippen LogP contribution in [-0.2, 0) is 6.42 Å². The lowest BCUT2D eigenvalue weighted by atomic mass is 10.0. The van der Waals surface area contributed by atoms with Gasteiger partial charge in [0.1, 0.15) is 5.82 Å². The highest BCUT2D eigenvalue weighted by atomic mass is 35.5. The van der Waals surface area contributed by atoms with Gasteiger partial charge in [-0.25, -0.2) is 4.98 Å². The lowest BCUT2D eigenvalue weighted by Gasteiger charge is -2.09. The molecule has 0 unspecified atom stereocenters. The normalized spacial score (nSPS) is 12.6. The fraction of sp³-hybridized carbons (Fsp3) is 0.118. The van der Waals surface area contributed by atoms with Crippen molar-refractivity contribution in [1.82, 2.24) is 4.98 Å². The number of benzene rings is 2. The largest absolute Gasteiger partial charge is 0.454 e. The SMILES string of the molecule is ClNc1cc(Cc2ccc3c(c2)OCO3)c2ccccc2n1. The molecule has 1 aliphatic heterocycles. The first-order chi connectivity index (χ1) is 10.8. The minimum absolute atomic E-state index is 0.289. The van der Waals surface area contributed by atoms with Crippen LogP contribution in [0.4, 0.5) is 5.82 Å². The number of hydrogen-bond donors (Lipinski definition) is 1. The van der Waals surface area contributed by atoms with Gasteiger partial charge in [-0.05, 0) is 41.8 Å². The number of halogens is 1. The Kier molecular flexibility index (Phi) is 3.24. The van der Waals surface area contributed by atoms with Gasteiger partial charge in [-0.3, -0.25) is 4.84 Å². The van der Waals surface area contributed by atoms with Gasteiger partial charge >= 0.3 is 0 Å². The Morgan fingerprint density at radius 2 is 1.91 bits per heavy atom. The van der Waals surface area contributed by atoms with Gasteiger partial charge in [-0.2, -0.15) is 0 Å². The van der Waals surface area contributed by atoms with Crippen LogP contribution >= 0.6 is 11.8 Å². The first-order valence-corrected chi connectivity index (χ1v) is 7.35. The van der Waals surface area contributed by atoms with Crippen LogP contribution in [0.15, 0.2) is 48.5 Å². The summed E-state index contributed by atoms with van der Waals surface area (Å²) in [6.45, 7) is 0.289. The Balaban J connectivity index is 1.77. The standard InChI is InChI=1S/C17H13ClN2O2/c18-20-17-9-12(13-3-1-2-4-14(13)19-17)7-11-5-6-15-16(8-11)22-10-21-15/h1-6,8-9H,7,10H2,(H,19,20). The maximum Gasteiger partial charge on any atom is 0.231 e. The van der Waals surface area contributed by atoms with Crippen LogP contribution in [0.5, 0.6) is 11.5 Å². The van der Waals surface area contributed by atoms with E-state index >= 15 is 0 Å². The van der Waals surface area contributed by atoms with Crippen LogP contribution in [0.1, 0.15) is 11.1 Å². The minimum Gasteiger partial charge on any atom is -0.454 e. The summed E-state index contributed by atoms with van der Waals surface area (Å²) >= 11 is 5.73. The molecule has 0 aliphatic carbocycles. The zero-order valence-corrected chi connectivity index (χ0v) is 12.4. The van der Waals surface area contributed by atoms with Gasteiger partial charge in [0.05, 0.1) is 5.52 Å². The second kappa shape index (κ2) is 5.39. The fourth-order valence-electron chi connectivity index (χ4n) is 2.71. The van der Waals surface area contributed by atoms with Gasteiger partial charge in [0.25, 0.3) is 0 Å². The number of rotatable bonds is 3. The lowest BCUT2D eigenvalue weighted by molar-refractivity contribution is 0.174. The van der Waals surface area contributed by atoms with Crippen molar-refractivity contribution in [1.29, 1.82) is 0 Å². The molecule has 0 fully saturated rings. The van der Waals surface area contributed by atoms with Crippen LogP contribution in [0.25, 0.3) is 10.9 Å². The van der Waals surface area contributed by atoms with Crippen molar-refractivity contribution >= 4 is 28.5 Å². The van der Waals surface area contributed by atoms with Gasteiger partial charge in [-0.1, -0.05) is 24.3 Å². The minimum atomic E-state index is 0.289. The maximum absolute atomic E-state index is 5.73. The van der Waals surface area contributed by atoms with E-state index < -0.39 is 0 Å². The summed E-state index contributed by atoms with van der Waals surface area (Å²) in [5, 5.41) is 1.12. The maximum atomic E-state index is 5.73. The Morgan fingerprint density at radius 3 is 2.82 bits per heavy atom. The van der Waals surface area contributed by atoms with Crippen molar-refractivity contribution in [2.75, 3.05) is 11.6 Å². The summed E-state index contributed by atoms with van der Waals surface area (Å²) in [6, 6.07) is 16.0. The molecule has 0 saturated heterocycles. The third-order valence-corrected chi connectivity index (χ3v) is 3.92. The van der Waals surface area contributed by atoms with Crippen LogP contribution in [0, 0.1) is 0 Å². The van der Waals surface area contributed by atoms with Gasteiger partial charge in [0.15, 0.2) is 11.5 Å². The van der Waals surface area contributed by atoms with Crippen LogP contribution in [-0.4, -0.2) is 11.8 Å². The van der Waals surface area contributed by atoms with Crippen LogP contribution in [0.3, 0.4) is 0 Å². The predicted molar refractivity (Wildman–Crippen MR) is 86.6 cm³/mol. The van der Waals surface area contributed by atoms with Gasteiger partial charge in [-0.15, -0.1) is 0 Å². The number of nitrogens with zero attached hydrogens (tertiary/aromatic N) is 1. The Hall–Kier alpha value is -2.46. The van der Waals surface area contributed by atoms with Crippen LogP contribution < -0.4 is 14.3 Å². The number of nitrogens with one attached hydrogen (secondary N) is 1. The van der Waals surface area contributed by atoms with Crippen molar-refractivity contribution in [3.63, 3.8) is 0 Å². The Bertz CT molecular complexity index is 851. The van der Waals surface area contributed by atoms with Crippen molar-refractivity contribution in [3.8, 4) is 11.5 Å². The number of ether oxygens (including phenoxy) is 2. The molecular formula is C17H13ClN2O2. The summed E-state index contributed by atoms with van der Waals surface area (Å²) < 4.78 is 10.8. The molecule has 1 aromatic heterocycles. The number of fused-ring (bicyclic) bond motifs is 2. The van der Waals surface area contributed by atoms with Gasteiger partial charge in [0.2, 0.25) is 6.79 Å². The molecule has 4 rings (SSSR count). The average molecular weight is 313 g/mol. The molecule has 0 saturated carbocycles. The molecule has 0 bridgehead atoms. The zero-order chi connectivity index (χ0) is 14.9. The van der Waals surface area contributed by atoms with E-state index in [9.17, 15) is 0 Å². The summed E-state index contributed by atoms with van der Waals surface area (Å²) in [5.74, 6) is 2.24. The number of aromatic nitrogens is 1. The zero-order valence-electron chi connectivity index (χ0n) is 11.7. The third-order valence-electron chi connectivity index (χ3n) is 3.73. The lowest BCUT2D eigenvalue weighted by Crippen LogP contribution is -1.95. The summed E-state index contributed by atoms with van der Waals surface area (Å²) in [4.78, 5) is 7.07. The number of anilines is 1. The fourth-order valence-corrected chi connectivity index (χ4v) is 2.81. The number of hydrogen-bond acceptors (Lipinski definition) is 4. The molecule has 1 aliphatic rings. The van der Waals surface area contributed by atoms with E-state index in [2.05, 4.69) is 22.0 Å². The quantitative estimate of drug-likeness (QED) is 0.739. The van der Waals surface area contributed by atoms with Crippen molar-refractivity contribution in [2.24, 2.45) is 0 Å². The number of para-hydroxylation sites is 1. The van der Waals surface area contributed by atoms with Crippen molar-refractivity contribution < 1.29 is 9.47 Å². The summed E-state index contributed by atoms with van der Waals surface area (Å²) in [5.41, 5.74) is 3.23. The second-order valence-corrected chi connectivity index (χ2v) is 5.33. The Labute approximate surface area is 132 Å². The molecule has 0 amide bonds. The van der Waals surface area contributed by atoms with Gasteiger partial charge < -0.3 is 9.47 Å². The van der Waals surface area contributed by atoms with E-state index in [1.807, 2.05) is 36.4 Å². The molecule has 110 valence electrons. The third kappa shape index (κ3) is 2.31. The molecule has 5 heteroatoms. The summed E-state index contributed by atoms with van der Waals surface area (Å²) in [6.07, 6.45) is 0.769. The topological polar surface area (TPSA) is 43.4 Å². The Morgan fingerprint density at radius 1 is 1.05 bits per heavy atom. The first kappa shape index (κ1) is 13.2. The summed E-state index contributed by atoms with van der Waals surface area (Å²) in [7, 11) is 0. The first-order valence-electron chi connectivity index (χ1n) is 6.97. The van der Waals surface area contributed by atoms with Crippen LogP contribution in [0.2, 0.25) is 0 Å². The number of pyridine rings is 1. The van der Waals surface area contributed by atoms with E-state index in [-0.39, 0.29) is 6.79 Å². The molecule has 22 heavy (non-hydrogen) atoms. The predicted octanol–water partition coefficient (Wildman–Crippen LogP) is 4.12. The molecule has 0 spiro atoms. The molecule has 4 nitrogen and oxygen atoms in total. The van der Waals surface area contributed by atoms with Crippen molar-refractivity contribution in [2.45, 2.75) is 6.42 Å². The van der Waals surface area contributed by atoms with E-state index in [0.717, 1.165) is 39.9 Å². The van der Waals surface area contributed by atoms with E-state index in [0.29, 0.717) is 5.82 Å². The molecule has 3 aromatic rings. The highest BCUT2D eigenvalue weighted by molar-refractivity contribution is 6.23. The van der Waals surface area contributed by atoms with E-state index in [4.69, 9.17) is 21.3 Å². The van der Waals surface area contributed by atoms with E-state index in [1.54, 1.807) is 0 Å². The monoisotopic (exact) mass is 312 g/mol. The smallest absolute Gasteiger partial charge is 0.231 e. The second-order valence-electron chi connectivity index (χ2n) is 5.14. The van der Waals surface area contributed by atoms with Crippen molar-refractivity contribution in [3.05, 3.63) is 59.7 Å². The molecule has 0 radical (unpaired) electrons. The highest BCUT2D eigenvalue weighted by Gasteiger charge is 2.14. The average Bonchev–Trinajstić information content (AvgIpc) is 3.02. The molecular weight excluding hydrogens is 300 g/mol. The molecule has 2 aromatic carbocycles. The van der Waals surface area contributed by atoms with Gasteiger partial charge in [0, 0.05) is 17.2 Å². The molecule has 2 heterocycles.